The molecule has 0 aliphatic heterocycles. The van der Waals surface area contributed by atoms with Crippen LogP contribution in [0.4, 0.5) is 5.95 Å². The van der Waals surface area contributed by atoms with Crippen molar-refractivity contribution >= 4 is 11.9 Å². The minimum absolute atomic E-state index is 0.0729. The van der Waals surface area contributed by atoms with Crippen molar-refractivity contribution in [3.8, 4) is 0 Å². The van der Waals surface area contributed by atoms with Crippen LogP contribution in [0.2, 0.25) is 0 Å². The molecule has 3 rings (SSSR count). The molecule has 0 bridgehead atoms. The predicted molar refractivity (Wildman–Crippen MR) is 102 cm³/mol. The second-order valence-corrected chi connectivity index (χ2v) is 7.03. The van der Waals surface area contributed by atoms with Crippen molar-refractivity contribution in [1.29, 1.82) is 0 Å². The lowest BCUT2D eigenvalue weighted by atomic mass is 9.96. The largest absolute Gasteiger partial charge is 0.351 e. The van der Waals surface area contributed by atoms with E-state index in [2.05, 4.69) is 20.3 Å². The monoisotopic (exact) mass is 353 g/mol. The molecule has 0 radical (unpaired) electrons. The third kappa shape index (κ3) is 5.00. The van der Waals surface area contributed by atoms with Crippen LogP contribution < -0.4 is 5.32 Å². The number of aromatic nitrogens is 3. The number of pyridine rings is 1. The molecule has 0 spiro atoms. The Kier molecular flexibility index (Phi) is 6.15. The molecule has 1 saturated carbocycles. The van der Waals surface area contributed by atoms with Crippen molar-refractivity contribution in [2.75, 3.05) is 18.9 Å². The predicted octanol–water partition coefficient (Wildman–Crippen LogP) is 3.24. The third-order valence-corrected chi connectivity index (χ3v) is 4.84. The topological polar surface area (TPSA) is 71.0 Å². The van der Waals surface area contributed by atoms with Gasteiger partial charge >= 0.3 is 0 Å². The van der Waals surface area contributed by atoms with Crippen LogP contribution in [0, 0.1) is 6.92 Å². The van der Waals surface area contributed by atoms with Gasteiger partial charge in [0.25, 0.3) is 5.91 Å². The fourth-order valence-corrected chi connectivity index (χ4v) is 3.32. The molecule has 0 saturated heterocycles. The Morgan fingerprint density at radius 3 is 2.65 bits per heavy atom. The van der Waals surface area contributed by atoms with Crippen LogP contribution in [-0.2, 0) is 6.42 Å². The molecule has 2 aromatic heterocycles. The molecule has 0 aromatic carbocycles. The Bertz CT molecular complexity index is 728. The molecule has 1 N–H and O–H groups in total. The van der Waals surface area contributed by atoms with Gasteiger partial charge in [-0.1, -0.05) is 19.3 Å². The van der Waals surface area contributed by atoms with Gasteiger partial charge in [0.2, 0.25) is 5.95 Å². The minimum Gasteiger partial charge on any atom is -0.351 e. The number of likely N-dealkylation sites (N-methyl/N-ethyl adjacent to an activating group) is 1. The highest BCUT2D eigenvalue weighted by Crippen LogP contribution is 2.20. The highest BCUT2D eigenvalue weighted by Gasteiger charge is 2.18. The molecular weight excluding hydrogens is 326 g/mol. The number of aryl methyl sites for hydroxylation is 1. The number of nitrogens with one attached hydrogen (secondary N) is 1. The van der Waals surface area contributed by atoms with Gasteiger partial charge in [0.05, 0.1) is 0 Å². The summed E-state index contributed by atoms with van der Waals surface area (Å²) in [7, 11) is 1.81. The van der Waals surface area contributed by atoms with Gasteiger partial charge in [0, 0.05) is 37.7 Å². The molecule has 0 atom stereocenters. The fraction of sp³-hybridized carbons (Fsp3) is 0.500. The number of carbonyl (C=O) groups is 1. The van der Waals surface area contributed by atoms with Gasteiger partial charge in [-0.15, -0.1) is 0 Å². The molecule has 1 amide bonds. The summed E-state index contributed by atoms with van der Waals surface area (Å²) in [6.45, 7) is 2.54. The Balaban J connectivity index is 1.64. The number of nitrogens with zero attached hydrogens (tertiary/aromatic N) is 4. The molecule has 2 aromatic rings. The fourth-order valence-electron chi connectivity index (χ4n) is 3.32. The standard InChI is InChI=1S/C20H27N5O/c1-15-14-18(24-20(22-15)23-17-6-4-3-5-7-17)19(26)25(2)13-10-16-8-11-21-12-9-16/h8-9,11-12,14,17H,3-7,10,13H2,1-2H3,(H,22,23,24). The van der Waals surface area contributed by atoms with Crippen molar-refractivity contribution in [2.45, 2.75) is 51.5 Å². The van der Waals surface area contributed by atoms with Gasteiger partial charge in [0.1, 0.15) is 5.69 Å². The first-order valence-electron chi connectivity index (χ1n) is 9.38. The number of amides is 1. The Hall–Kier alpha value is -2.50. The first kappa shape index (κ1) is 18.3. The normalized spacial score (nSPS) is 14.8. The molecule has 1 aliphatic carbocycles. The van der Waals surface area contributed by atoms with Crippen LogP contribution >= 0.6 is 0 Å². The number of anilines is 1. The summed E-state index contributed by atoms with van der Waals surface area (Å²) >= 11 is 0. The van der Waals surface area contributed by atoms with E-state index >= 15 is 0 Å². The average Bonchev–Trinajstić information content (AvgIpc) is 2.66. The van der Waals surface area contributed by atoms with Crippen LogP contribution in [0.15, 0.2) is 30.6 Å². The van der Waals surface area contributed by atoms with Gasteiger partial charge in [-0.05, 0) is 49.9 Å². The molecule has 1 fully saturated rings. The molecular formula is C20H27N5O. The second-order valence-electron chi connectivity index (χ2n) is 7.03. The summed E-state index contributed by atoms with van der Waals surface area (Å²) in [6, 6.07) is 6.12. The lowest BCUT2D eigenvalue weighted by Gasteiger charge is -2.23. The van der Waals surface area contributed by atoms with Gasteiger partial charge in [-0.2, -0.15) is 0 Å². The molecule has 138 valence electrons. The van der Waals surface area contributed by atoms with Gasteiger partial charge < -0.3 is 10.2 Å². The van der Waals surface area contributed by atoms with Crippen molar-refractivity contribution in [2.24, 2.45) is 0 Å². The Labute approximate surface area is 155 Å². The van der Waals surface area contributed by atoms with E-state index in [9.17, 15) is 4.79 Å². The van der Waals surface area contributed by atoms with E-state index in [1.807, 2.05) is 26.1 Å². The number of rotatable bonds is 6. The summed E-state index contributed by atoms with van der Waals surface area (Å²) in [4.78, 5) is 27.4. The summed E-state index contributed by atoms with van der Waals surface area (Å²) in [6.07, 6.45) is 10.4. The minimum atomic E-state index is -0.0729. The van der Waals surface area contributed by atoms with Crippen LogP contribution in [0.5, 0.6) is 0 Å². The molecule has 6 nitrogen and oxygen atoms in total. The van der Waals surface area contributed by atoms with E-state index in [0.29, 0.717) is 24.2 Å². The van der Waals surface area contributed by atoms with E-state index < -0.39 is 0 Å². The van der Waals surface area contributed by atoms with Gasteiger partial charge in [-0.25, -0.2) is 9.97 Å². The molecule has 6 heteroatoms. The van der Waals surface area contributed by atoms with Gasteiger partial charge in [0.15, 0.2) is 0 Å². The van der Waals surface area contributed by atoms with E-state index in [1.54, 1.807) is 23.4 Å². The first-order chi connectivity index (χ1) is 12.6. The van der Waals surface area contributed by atoms with E-state index in [4.69, 9.17) is 0 Å². The Morgan fingerprint density at radius 2 is 1.92 bits per heavy atom. The van der Waals surface area contributed by atoms with Gasteiger partial charge in [-0.3, -0.25) is 9.78 Å². The quantitative estimate of drug-likeness (QED) is 0.863. The van der Waals surface area contributed by atoms with Crippen LogP contribution in [0.25, 0.3) is 0 Å². The number of hydrogen-bond acceptors (Lipinski definition) is 5. The molecule has 0 unspecified atom stereocenters. The molecule has 1 aliphatic rings. The summed E-state index contributed by atoms with van der Waals surface area (Å²) in [5, 5.41) is 3.41. The number of hydrogen-bond donors (Lipinski definition) is 1. The average molecular weight is 353 g/mol. The maximum atomic E-state index is 12.8. The summed E-state index contributed by atoms with van der Waals surface area (Å²) in [5.41, 5.74) is 2.43. The molecule has 26 heavy (non-hydrogen) atoms. The zero-order valence-electron chi connectivity index (χ0n) is 15.6. The van der Waals surface area contributed by atoms with Crippen LogP contribution in [0.1, 0.15) is 53.8 Å². The lowest BCUT2D eigenvalue weighted by molar-refractivity contribution is 0.0790. The van der Waals surface area contributed by atoms with Crippen molar-refractivity contribution < 1.29 is 4.79 Å². The third-order valence-electron chi connectivity index (χ3n) is 4.84. The van der Waals surface area contributed by atoms with Crippen molar-refractivity contribution in [3.05, 3.63) is 47.5 Å². The molecule has 2 heterocycles. The first-order valence-corrected chi connectivity index (χ1v) is 9.38. The summed E-state index contributed by atoms with van der Waals surface area (Å²) in [5.74, 6) is 0.499. The van der Waals surface area contributed by atoms with Crippen molar-refractivity contribution in [1.82, 2.24) is 19.9 Å². The smallest absolute Gasteiger partial charge is 0.272 e. The zero-order chi connectivity index (χ0) is 18.4. The van der Waals surface area contributed by atoms with Crippen molar-refractivity contribution in [3.63, 3.8) is 0 Å². The maximum absolute atomic E-state index is 12.8. The highest BCUT2D eigenvalue weighted by molar-refractivity contribution is 5.92. The van der Waals surface area contributed by atoms with E-state index in [1.165, 1.54) is 19.3 Å². The number of carbonyl (C=O) groups excluding carboxylic acids is 1. The summed E-state index contributed by atoms with van der Waals surface area (Å²) < 4.78 is 0. The highest BCUT2D eigenvalue weighted by atomic mass is 16.2. The maximum Gasteiger partial charge on any atom is 0.272 e. The SMILES string of the molecule is Cc1cc(C(=O)N(C)CCc2ccncc2)nc(NC2CCCCC2)n1. The zero-order valence-corrected chi connectivity index (χ0v) is 15.6. The van der Waals surface area contributed by atoms with Crippen LogP contribution in [0.3, 0.4) is 0 Å². The van der Waals surface area contributed by atoms with Crippen LogP contribution in [-0.4, -0.2) is 45.4 Å². The van der Waals surface area contributed by atoms with E-state index in [-0.39, 0.29) is 5.91 Å². The van der Waals surface area contributed by atoms with E-state index in [0.717, 1.165) is 30.5 Å². The lowest BCUT2D eigenvalue weighted by Crippen LogP contribution is -2.30. The Morgan fingerprint density at radius 1 is 1.19 bits per heavy atom. The second kappa shape index (κ2) is 8.74.